The van der Waals surface area contributed by atoms with Gasteiger partial charge in [0.1, 0.15) is 5.75 Å². The summed E-state index contributed by atoms with van der Waals surface area (Å²) in [5.41, 5.74) is 4.81. The average molecular weight is 380 g/mol. The van der Waals surface area contributed by atoms with E-state index >= 15 is 0 Å². The lowest BCUT2D eigenvalue weighted by Gasteiger charge is -2.27. The van der Waals surface area contributed by atoms with Gasteiger partial charge in [-0.1, -0.05) is 12.1 Å². The molecule has 0 radical (unpaired) electrons. The molecule has 28 heavy (non-hydrogen) atoms. The average Bonchev–Trinajstić information content (AvgIpc) is 2.68. The predicted octanol–water partition coefficient (Wildman–Crippen LogP) is 3.11. The number of fused-ring (bicyclic) bond motifs is 2. The molecule has 2 aromatic rings. The van der Waals surface area contributed by atoms with Crippen LogP contribution in [0.15, 0.2) is 36.4 Å². The highest BCUT2D eigenvalue weighted by Gasteiger charge is 2.23. The number of rotatable bonds is 3. The van der Waals surface area contributed by atoms with E-state index < -0.39 is 6.10 Å². The van der Waals surface area contributed by atoms with Crippen molar-refractivity contribution in [2.75, 3.05) is 29.1 Å². The van der Waals surface area contributed by atoms with Gasteiger partial charge in [-0.25, -0.2) is 4.79 Å². The van der Waals surface area contributed by atoms with Gasteiger partial charge >= 0.3 is 6.03 Å². The third kappa shape index (κ3) is 3.74. The van der Waals surface area contributed by atoms with Crippen LogP contribution >= 0.6 is 0 Å². The molecule has 0 saturated heterocycles. The highest BCUT2D eigenvalue weighted by Crippen LogP contribution is 2.32. The maximum atomic E-state index is 12.3. The van der Waals surface area contributed by atoms with E-state index in [1.165, 1.54) is 11.3 Å². The van der Waals surface area contributed by atoms with Gasteiger partial charge in [0.05, 0.1) is 5.69 Å². The van der Waals surface area contributed by atoms with Gasteiger partial charge < -0.3 is 25.6 Å². The van der Waals surface area contributed by atoms with E-state index in [1.54, 1.807) is 25.1 Å². The van der Waals surface area contributed by atoms with Crippen LogP contribution in [-0.2, 0) is 17.8 Å². The zero-order valence-electron chi connectivity index (χ0n) is 16.0. The number of benzene rings is 2. The summed E-state index contributed by atoms with van der Waals surface area (Å²) >= 11 is 0. The molecule has 1 unspecified atom stereocenters. The summed E-state index contributed by atoms with van der Waals surface area (Å²) in [6.45, 7) is 3.22. The van der Waals surface area contributed by atoms with Gasteiger partial charge in [-0.05, 0) is 55.2 Å². The van der Waals surface area contributed by atoms with Gasteiger partial charge in [-0.2, -0.15) is 0 Å². The SMILES string of the molecule is CC1Oc2ccc(NC(=O)NCc3ccc4c(c3)CCCN4C)cc2NC1=O. The number of nitrogens with one attached hydrogen (secondary N) is 3. The van der Waals surface area contributed by atoms with Crippen molar-refractivity contribution in [3.63, 3.8) is 0 Å². The molecule has 2 aliphatic rings. The molecule has 3 N–H and O–H groups in total. The summed E-state index contributed by atoms with van der Waals surface area (Å²) in [5, 5.41) is 8.45. The van der Waals surface area contributed by atoms with E-state index in [2.05, 4.69) is 40.0 Å². The first-order valence-corrected chi connectivity index (χ1v) is 9.49. The first-order chi connectivity index (χ1) is 13.5. The van der Waals surface area contributed by atoms with Crippen molar-refractivity contribution in [1.29, 1.82) is 0 Å². The minimum absolute atomic E-state index is 0.202. The highest BCUT2D eigenvalue weighted by molar-refractivity contribution is 5.99. The van der Waals surface area contributed by atoms with Crippen LogP contribution in [0.25, 0.3) is 0 Å². The quantitative estimate of drug-likeness (QED) is 0.764. The Morgan fingerprint density at radius 3 is 3.00 bits per heavy atom. The second-order valence-corrected chi connectivity index (χ2v) is 7.26. The largest absolute Gasteiger partial charge is 0.479 e. The van der Waals surface area contributed by atoms with Crippen LogP contribution in [0.3, 0.4) is 0 Å². The van der Waals surface area contributed by atoms with E-state index in [-0.39, 0.29) is 11.9 Å². The first kappa shape index (κ1) is 18.2. The van der Waals surface area contributed by atoms with Crippen molar-refractivity contribution in [2.45, 2.75) is 32.4 Å². The molecule has 1 atom stereocenters. The van der Waals surface area contributed by atoms with Crippen molar-refractivity contribution < 1.29 is 14.3 Å². The molecular weight excluding hydrogens is 356 g/mol. The second-order valence-electron chi connectivity index (χ2n) is 7.26. The second kappa shape index (κ2) is 7.42. The Labute approximate surface area is 164 Å². The summed E-state index contributed by atoms with van der Waals surface area (Å²) in [5.74, 6) is 0.393. The van der Waals surface area contributed by atoms with Gasteiger partial charge in [-0.15, -0.1) is 0 Å². The van der Waals surface area contributed by atoms with Gasteiger partial charge in [-0.3, -0.25) is 4.79 Å². The minimum atomic E-state index is -0.522. The van der Waals surface area contributed by atoms with Gasteiger partial charge in [0.2, 0.25) is 0 Å². The summed E-state index contributed by atoms with van der Waals surface area (Å²) in [7, 11) is 2.11. The number of carbonyl (C=O) groups excluding carboxylic acids is 2. The number of nitrogens with zero attached hydrogens (tertiary/aromatic N) is 1. The Bertz CT molecular complexity index is 928. The molecule has 0 saturated carbocycles. The molecule has 2 aromatic carbocycles. The molecule has 0 aromatic heterocycles. The summed E-state index contributed by atoms with van der Waals surface area (Å²) in [6.07, 6.45) is 1.70. The molecule has 7 nitrogen and oxygen atoms in total. The predicted molar refractivity (Wildman–Crippen MR) is 109 cm³/mol. The molecule has 0 bridgehead atoms. The summed E-state index contributed by atoms with van der Waals surface area (Å²) < 4.78 is 5.52. The van der Waals surface area contributed by atoms with E-state index in [0.29, 0.717) is 23.7 Å². The summed E-state index contributed by atoms with van der Waals surface area (Å²) in [4.78, 5) is 26.3. The zero-order valence-corrected chi connectivity index (χ0v) is 16.0. The molecule has 7 heteroatoms. The van der Waals surface area contributed by atoms with Gasteiger partial charge in [0.25, 0.3) is 5.91 Å². The molecule has 3 amide bonds. The molecule has 0 aliphatic carbocycles. The van der Waals surface area contributed by atoms with Crippen LogP contribution in [-0.4, -0.2) is 31.6 Å². The van der Waals surface area contributed by atoms with Crippen molar-refractivity contribution in [1.82, 2.24) is 5.32 Å². The van der Waals surface area contributed by atoms with E-state index in [4.69, 9.17) is 4.74 Å². The molecule has 2 heterocycles. The maximum absolute atomic E-state index is 12.3. The number of aryl methyl sites for hydroxylation is 1. The number of carbonyl (C=O) groups is 2. The Kier molecular flexibility index (Phi) is 4.81. The lowest BCUT2D eigenvalue weighted by atomic mass is 9.99. The van der Waals surface area contributed by atoms with Crippen LogP contribution in [0.1, 0.15) is 24.5 Å². The fourth-order valence-corrected chi connectivity index (χ4v) is 3.59. The van der Waals surface area contributed by atoms with Crippen LogP contribution in [0.5, 0.6) is 5.75 Å². The van der Waals surface area contributed by atoms with Crippen LogP contribution in [0, 0.1) is 0 Å². The van der Waals surface area contributed by atoms with Gasteiger partial charge in [0.15, 0.2) is 6.10 Å². The zero-order chi connectivity index (χ0) is 19.7. The van der Waals surface area contributed by atoms with Crippen molar-refractivity contribution in [2.24, 2.45) is 0 Å². The third-order valence-corrected chi connectivity index (χ3v) is 5.12. The number of amides is 3. The van der Waals surface area contributed by atoms with Crippen LogP contribution < -0.4 is 25.6 Å². The number of hydrogen-bond donors (Lipinski definition) is 3. The Morgan fingerprint density at radius 2 is 2.14 bits per heavy atom. The number of urea groups is 1. The lowest BCUT2D eigenvalue weighted by Crippen LogP contribution is -2.34. The summed E-state index contributed by atoms with van der Waals surface area (Å²) in [6, 6.07) is 11.2. The first-order valence-electron chi connectivity index (χ1n) is 9.49. The van der Waals surface area contributed by atoms with Crippen LogP contribution in [0.4, 0.5) is 21.9 Å². The van der Waals surface area contributed by atoms with Gasteiger partial charge in [0, 0.05) is 31.5 Å². The fraction of sp³-hybridized carbons (Fsp3) is 0.333. The molecule has 2 aliphatic heterocycles. The van der Waals surface area contributed by atoms with Crippen molar-refractivity contribution >= 4 is 29.0 Å². The molecular formula is C21H24N4O3. The van der Waals surface area contributed by atoms with E-state index in [0.717, 1.165) is 24.9 Å². The van der Waals surface area contributed by atoms with Crippen LogP contribution in [0.2, 0.25) is 0 Å². The maximum Gasteiger partial charge on any atom is 0.319 e. The normalized spacial score (nSPS) is 17.7. The monoisotopic (exact) mass is 380 g/mol. The highest BCUT2D eigenvalue weighted by atomic mass is 16.5. The fourth-order valence-electron chi connectivity index (χ4n) is 3.59. The lowest BCUT2D eigenvalue weighted by molar-refractivity contribution is -0.122. The van der Waals surface area contributed by atoms with E-state index in [9.17, 15) is 9.59 Å². The molecule has 0 spiro atoms. The van der Waals surface area contributed by atoms with E-state index in [1.807, 2.05) is 6.07 Å². The smallest absolute Gasteiger partial charge is 0.319 e. The Morgan fingerprint density at radius 1 is 1.29 bits per heavy atom. The molecule has 4 rings (SSSR count). The van der Waals surface area contributed by atoms with Crippen molar-refractivity contribution in [3.05, 3.63) is 47.5 Å². The number of hydrogen-bond acceptors (Lipinski definition) is 4. The minimum Gasteiger partial charge on any atom is -0.479 e. The standard InChI is InChI=1S/C21H24N4O3/c1-13-20(26)24-17-11-16(6-8-19(17)28-13)23-21(27)22-12-14-5-7-18-15(10-14)4-3-9-25(18)2/h5-8,10-11,13H,3-4,9,12H2,1-2H3,(H,24,26)(H2,22,23,27). The number of ether oxygens (including phenoxy) is 1. The Balaban J connectivity index is 1.36. The molecule has 0 fully saturated rings. The number of anilines is 3. The Hall–Kier alpha value is -3.22. The molecule has 146 valence electrons. The third-order valence-electron chi connectivity index (χ3n) is 5.12. The van der Waals surface area contributed by atoms with Crippen molar-refractivity contribution in [3.8, 4) is 5.75 Å². The topological polar surface area (TPSA) is 82.7 Å².